The van der Waals surface area contributed by atoms with Gasteiger partial charge in [0, 0.05) is 10.9 Å². The van der Waals surface area contributed by atoms with E-state index in [0.29, 0.717) is 11.3 Å². The number of aromatic hydroxyl groups is 1. The molecule has 5 nitrogen and oxygen atoms in total. The van der Waals surface area contributed by atoms with Crippen LogP contribution >= 0.6 is 0 Å². The number of aromatic amines is 1. The topological polar surface area (TPSA) is 77.8 Å². The van der Waals surface area contributed by atoms with Gasteiger partial charge in [-0.1, -0.05) is 56.0 Å². The van der Waals surface area contributed by atoms with Gasteiger partial charge in [-0.25, -0.2) is 0 Å². The fraction of sp³-hybridized carbons (Fsp3) is 0.318. The van der Waals surface area contributed by atoms with Crippen molar-refractivity contribution in [3.8, 4) is 5.88 Å². The van der Waals surface area contributed by atoms with E-state index in [2.05, 4.69) is 28.2 Å². The van der Waals surface area contributed by atoms with Crippen LogP contribution in [0.25, 0.3) is 10.9 Å². The van der Waals surface area contributed by atoms with Gasteiger partial charge in [0.1, 0.15) is 0 Å². The van der Waals surface area contributed by atoms with Gasteiger partial charge in [-0.3, -0.25) is 4.79 Å². The van der Waals surface area contributed by atoms with E-state index in [4.69, 9.17) is 0 Å². The number of benzene rings is 2. The Balaban J connectivity index is 1.90. The van der Waals surface area contributed by atoms with Crippen molar-refractivity contribution in [3.05, 3.63) is 59.2 Å². The molecule has 0 aliphatic carbocycles. The Morgan fingerprint density at radius 1 is 1.11 bits per heavy atom. The Hall–Kier alpha value is -2.95. The number of carbonyl (C=O) groups excluding carboxylic acids is 1. The number of azo groups is 1. The highest BCUT2D eigenvalue weighted by Crippen LogP contribution is 2.38. The minimum atomic E-state index is -0.434. The Kier molecular flexibility index (Phi) is 6.01. The summed E-state index contributed by atoms with van der Waals surface area (Å²) in [6.07, 6.45) is 5.67. The van der Waals surface area contributed by atoms with Crippen LogP contribution in [0.3, 0.4) is 0 Å². The molecular formula is C22H25N3O2. The van der Waals surface area contributed by atoms with E-state index in [0.717, 1.165) is 34.9 Å². The standard InChI is InChI=1S/C22H25N3O2/c1-3-4-5-7-12-17-13-15(2)14-18-19(17)23-22(27)20(18)24-25-21(26)16-10-8-6-9-11-16/h6,8-11,13-14,23,27H,3-5,7,12H2,1-2H3. The molecule has 0 spiro atoms. The highest BCUT2D eigenvalue weighted by Gasteiger charge is 2.15. The normalized spacial score (nSPS) is 11.5. The number of nitrogens with one attached hydrogen (secondary N) is 1. The maximum atomic E-state index is 12.2. The van der Waals surface area contributed by atoms with E-state index in [1.807, 2.05) is 19.1 Å². The van der Waals surface area contributed by atoms with Crippen molar-refractivity contribution in [1.29, 1.82) is 0 Å². The van der Waals surface area contributed by atoms with Crippen molar-refractivity contribution in [3.63, 3.8) is 0 Å². The average Bonchev–Trinajstić information content (AvgIpc) is 2.99. The van der Waals surface area contributed by atoms with Crippen molar-refractivity contribution in [2.45, 2.75) is 46.0 Å². The van der Waals surface area contributed by atoms with Gasteiger partial charge >= 0.3 is 0 Å². The van der Waals surface area contributed by atoms with E-state index < -0.39 is 5.91 Å². The first-order valence-electron chi connectivity index (χ1n) is 9.45. The summed E-state index contributed by atoms with van der Waals surface area (Å²) in [6, 6.07) is 12.9. The minimum Gasteiger partial charge on any atom is -0.493 e. The highest BCUT2D eigenvalue weighted by molar-refractivity contribution is 5.98. The Labute approximate surface area is 159 Å². The fourth-order valence-corrected chi connectivity index (χ4v) is 3.28. The molecular weight excluding hydrogens is 338 g/mol. The van der Waals surface area contributed by atoms with Crippen LogP contribution in [0.1, 0.15) is 54.1 Å². The van der Waals surface area contributed by atoms with E-state index in [-0.39, 0.29) is 5.88 Å². The van der Waals surface area contributed by atoms with Crippen molar-refractivity contribution in [1.82, 2.24) is 4.98 Å². The summed E-state index contributed by atoms with van der Waals surface area (Å²) in [6.45, 7) is 4.22. The number of carbonyl (C=O) groups is 1. The SMILES string of the molecule is CCCCCCc1cc(C)cc2c(N=NC(=O)c3ccccc3)c(O)[nH]c12. The lowest BCUT2D eigenvalue weighted by Crippen LogP contribution is -1.92. The van der Waals surface area contributed by atoms with E-state index in [1.165, 1.54) is 19.3 Å². The number of hydrogen-bond donors (Lipinski definition) is 2. The van der Waals surface area contributed by atoms with Crippen LogP contribution in [0.4, 0.5) is 5.69 Å². The number of fused-ring (bicyclic) bond motifs is 1. The second kappa shape index (κ2) is 8.62. The van der Waals surface area contributed by atoms with Crippen molar-refractivity contribution < 1.29 is 9.90 Å². The number of H-pyrrole nitrogens is 1. The second-order valence-corrected chi connectivity index (χ2v) is 6.85. The predicted octanol–water partition coefficient (Wildman–Crippen LogP) is 6.23. The molecule has 0 unspecified atom stereocenters. The molecule has 140 valence electrons. The zero-order valence-electron chi connectivity index (χ0n) is 15.8. The van der Waals surface area contributed by atoms with Crippen molar-refractivity contribution in [2.24, 2.45) is 10.2 Å². The van der Waals surface area contributed by atoms with Gasteiger partial charge in [-0.15, -0.1) is 10.2 Å². The molecule has 0 aliphatic heterocycles. The lowest BCUT2D eigenvalue weighted by atomic mass is 10.0. The van der Waals surface area contributed by atoms with Crippen molar-refractivity contribution >= 4 is 22.5 Å². The summed E-state index contributed by atoms with van der Waals surface area (Å²) in [7, 11) is 0. The Morgan fingerprint density at radius 2 is 1.89 bits per heavy atom. The van der Waals surface area contributed by atoms with Crippen LogP contribution in [0.5, 0.6) is 5.88 Å². The van der Waals surface area contributed by atoms with Gasteiger partial charge in [-0.05, 0) is 43.5 Å². The predicted molar refractivity (Wildman–Crippen MR) is 108 cm³/mol. The zero-order chi connectivity index (χ0) is 19.2. The summed E-state index contributed by atoms with van der Waals surface area (Å²) in [5, 5.41) is 19.0. The average molecular weight is 363 g/mol. The van der Waals surface area contributed by atoms with Crippen molar-refractivity contribution in [2.75, 3.05) is 0 Å². The van der Waals surface area contributed by atoms with E-state index in [9.17, 15) is 9.90 Å². The number of aryl methyl sites for hydroxylation is 2. The molecule has 2 N–H and O–H groups in total. The number of aromatic nitrogens is 1. The summed E-state index contributed by atoms with van der Waals surface area (Å²) >= 11 is 0. The number of rotatable bonds is 7. The molecule has 0 saturated heterocycles. The molecule has 1 heterocycles. The molecule has 0 saturated carbocycles. The van der Waals surface area contributed by atoms with Crippen LogP contribution in [0.15, 0.2) is 52.7 Å². The first kappa shape index (κ1) is 18.8. The van der Waals surface area contributed by atoms with Gasteiger partial charge in [-0.2, -0.15) is 0 Å². The molecule has 3 rings (SSSR count). The lowest BCUT2D eigenvalue weighted by Gasteiger charge is -2.05. The molecule has 2 aromatic carbocycles. The molecule has 0 bridgehead atoms. The first-order valence-corrected chi connectivity index (χ1v) is 9.45. The number of amides is 1. The third-order valence-electron chi connectivity index (χ3n) is 4.65. The van der Waals surface area contributed by atoms with Gasteiger partial charge < -0.3 is 10.1 Å². The summed E-state index contributed by atoms with van der Waals surface area (Å²) in [4.78, 5) is 15.2. The molecule has 27 heavy (non-hydrogen) atoms. The molecule has 0 fully saturated rings. The van der Waals surface area contributed by atoms with Gasteiger partial charge in [0.25, 0.3) is 5.91 Å². The van der Waals surface area contributed by atoms with Crippen LogP contribution in [-0.4, -0.2) is 16.0 Å². The van der Waals surface area contributed by atoms with Crippen LogP contribution in [0, 0.1) is 6.92 Å². The third kappa shape index (κ3) is 4.42. The maximum Gasteiger partial charge on any atom is 0.295 e. The maximum absolute atomic E-state index is 12.2. The molecule has 3 aromatic rings. The Morgan fingerprint density at radius 3 is 2.63 bits per heavy atom. The molecule has 0 radical (unpaired) electrons. The fourth-order valence-electron chi connectivity index (χ4n) is 3.28. The Bertz CT molecular complexity index is 959. The molecule has 1 aromatic heterocycles. The molecule has 0 aliphatic rings. The van der Waals surface area contributed by atoms with Gasteiger partial charge in [0.05, 0.1) is 5.52 Å². The van der Waals surface area contributed by atoms with E-state index >= 15 is 0 Å². The molecule has 0 atom stereocenters. The largest absolute Gasteiger partial charge is 0.493 e. The summed E-state index contributed by atoms with van der Waals surface area (Å²) in [5.74, 6) is -0.494. The number of hydrogen-bond acceptors (Lipinski definition) is 3. The summed E-state index contributed by atoms with van der Waals surface area (Å²) < 4.78 is 0. The number of unbranched alkanes of at least 4 members (excludes halogenated alkanes) is 3. The third-order valence-corrected chi connectivity index (χ3v) is 4.65. The monoisotopic (exact) mass is 363 g/mol. The highest BCUT2D eigenvalue weighted by atomic mass is 16.3. The zero-order valence-corrected chi connectivity index (χ0v) is 15.8. The molecule has 5 heteroatoms. The smallest absolute Gasteiger partial charge is 0.295 e. The van der Waals surface area contributed by atoms with E-state index in [1.54, 1.807) is 24.3 Å². The minimum absolute atomic E-state index is 0.0602. The first-order chi connectivity index (χ1) is 13.1. The van der Waals surface area contributed by atoms with Gasteiger partial charge in [0.15, 0.2) is 5.69 Å². The lowest BCUT2D eigenvalue weighted by molar-refractivity contribution is 0.0995. The van der Waals surface area contributed by atoms with Crippen LogP contribution < -0.4 is 0 Å². The van der Waals surface area contributed by atoms with Crippen LogP contribution in [0.2, 0.25) is 0 Å². The second-order valence-electron chi connectivity index (χ2n) is 6.85. The summed E-state index contributed by atoms with van der Waals surface area (Å²) in [5.41, 5.74) is 3.90. The molecule has 1 amide bonds. The number of nitrogens with zero attached hydrogens (tertiary/aromatic N) is 2. The van der Waals surface area contributed by atoms with Gasteiger partial charge in [0.2, 0.25) is 5.88 Å². The quantitative estimate of drug-likeness (QED) is 0.385. The van der Waals surface area contributed by atoms with Crippen LogP contribution in [-0.2, 0) is 6.42 Å².